The number of amides is 2. The molecule has 0 spiro atoms. The van der Waals surface area contributed by atoms with Gasteiger partial charge >= 0.3 is 12.2 Å². The molecule has 0 aromatic heterocycles. The van der Waals surface area contributed by atoms with Crippen LogP contribution >= 0.6 is 0 Å². The standard InChI is InChI=1S/C27H36N2O5/c1-25(2,3)27(26(4,5)6,19-10-15-22(16-11-19)34-24(29)32)17-20(30)12-7-18-8-13-21(14-9-18)33-23(28)31/h8-11,13-16H,7,12,17H2,1-6H3,(H2,28,31)(H2,29,32). The number of benzene rings is 2. The number of carbonyl (C=O) groups excluding carboxylic acids is 3. The van der Waals surface area contributed by atoms with Crippen LogP contribution in [-0.4, -0.2) is 18.0 Å². The minimum absolute atomic E-state index is 0.153. The highest BCUT2D eigenvalue weighted by Gasteiger charge is 2.52. The average Bonchev–Trinajstić information content (AvgIpc) is 2.69. The maximum absolute atomic E-state index is 13.4. The first kappa shape index (κ1) is 26.9. The van der Waals surface area contributed by atoms with Gasteiger partial charge in [0.25, 0.3) is 0 Å². The second-order valence-electron chi connectivity index (χ2n) is 10.6. The number of aryl methyl sites for hydroxylation is 1. The Balaban J connectivity index is 2.29. The Hall–Kier alpha value is -3.35. The average molecular weight is 469 g/mol. The summed E-state index contributed by atoms with van der Waals surface area (Å²) in [7, 11) is 0. The number of nitrogens with two attached hydrogens (primary N) is 2. The van der Waals surface area contributed by atoms with Crippen LogP contribution in [0.15, 0.2) is 48.5 Å². The smallest absolute Gasteiger partial charge is 0.409 e. The van der Waals surface area contributed by atoms with Crippen LogP contribution in [0.5, 0.6) is 11.5 Å². The van der Waals surface area contributed by atoms with Crippen molar-refractivity contribution in [3.05, 3.63) is 59.7 Å². The third-order valence-corrected chi connectivity index (χ3v) is 6.42. The summed E-state index contributed by atoms with van der Waals surface area (Å²) in [5.41, 5.74) is 11.2. The minimum atomic E-state index is -0.866. The van der Waals surface area contributed by atoms with E-state index >= 15 is 0 Å². The predicted octanol–water partition coefficient (Wildman–Crippen LogP) is 5.52. The van der Waals surface area contributed by atoms with Crippen LogP contribution in [0.1, 0.15) is 65.5 Å². The molecule has 2 rings (SSSR count). The van der Waals surface area contributed by atoms with Crippen LogP contribution in [0.4, 0.5) is 9.59 Å². The van der Waals surface area contributed by atoms with Crippen molar-refractivity contribution in [2.24, 2.45) is 22.3 Å². The van der Waals surface area contributed by atoms with E-state index in [9.17, 15) is 14.4 Å². The molecule has 4 N–H and O–H groups in total. The van der Waals surface area contributed by atoms with E-state index in [1.165, 1.54) is 0 Å². The molecule has 0 unspecified atom stereocenters. The molecule has 0 aliphatic rings. The first-order chi connectivity index (χ1) is 15.7. The van der Waals surface area contributed by atoms with Gasteiger partial charge in [-0.1, -0.05) is 65.8 Å². The van der Waals surface area contributed by atoms with E-state index in [1.807, 2.05) is 24.3 Å². The van der Waals surface area contributed by atoms with Gasteiger partial charge in [0.15, 0.2) is 0 Å². The molecule has 34 heavy (non-hydrogen) atoms. The molecule has 2 aromatic carbocycles. The summed E-state index contributed by atoms with van der Waals surface area (Å²) in [6, 6.07) is 14.2. The third kappa shape index (κ3) is 6.37. The van der Waals surface area contributed by atoms with Crippen molar-refractivity contribution >= 4 is 18.0 Å². The van der Waals surface area contributed by atoms with Crippen LogP contribution in [-0.2, 0) is 16.6 Å². The van der Waals surface area contributed by atoms with E-state index in [-0.39, 0.29) is 16.6 Å². The lowest BCUT2D eigenvalue weighted by Gasteiger charge is -2.54. The number of rotatable bonds is 8. The SMILES string of the molecule is CC(C)(C)C(CC(=O)CCc1ccc(OC(N)=O)cc1)(c1ccc(OC(N)=O)cc1)C(C)(C)C. The van der Waals surface area contributed by atoms with Crippen molar-refractivity contribution in [2.75, 3.05) is 0 Å². The highest BCUT2D eigenvalue weighted by atomic mass is 16.6. The number of carbonyl (C=O) groups is 3. The number of hydrogen-bond donors (Lipinski definition) is 2. The molecule has 0 fully saturated rings. The Morgan fingerprint density at radius 2 is 1.12 bits per heavy atom. The lowest BCUT2D eigenvalue weighted by molar-refractivity contribution is -0.123. The first-order valence-electron chi connectivity index (χ1n) is 11.3. The van der Waals surface area contributed by atoms with E-state index in [2.05, 4.69) is 41.5 Å². The molecule has 0 aliphatic heterocycles. The molecule has 184 valence electrons. The second-order valence-corrected chi connectivity index (χ2v) is 10.6. The topological polar surface area (TPSA) is 122 Å². The summed E-state index contributed by atoms with van der Waals surface area (Å²) in [6.45, 7) is 12.9. The molecule has 0 saturated heterocycles. The molecule has 7 heteroatoms. The molecule has 0 atom stereocenters. The maximum Gasteiger partial charge on any atom is 0.409 e. The van der Waals surface area contributed by atoms with E-state index in [4.69, 9.17) is 20.9 Å². The highest BCUT2D eigenvalue weighted by molar-refractivity contribution is 5.80. The van der Waals surface area contributed by atoms with Gasteiger partial charge in [0.1, 0.15) is 17.3 Å². The van der Waals surface area contributed by atoms with Gasteiger partial charge in [-0.3, -0.25) is 4.79 Å². The molecular formula is C27H36N2O5. The summed E-state index contributed by atoms with van der Waals surface area (Å²) in [5, 5.41) is 0. The monoisotopic (exact) mass is 468 g/mol. The van der Waals surface area contributed by atoms with E-state index in [0.717, 1.165) is 11.1 Å². The molecule has 0 aliphatic carbocycles. The van der Waals surface area contributed by atoms with Crippen molar-refractivity contribution in [3.63, 3.8) is 0 Å². The fourth-order valence-corrected chi connectivity index (χ4v) is 5.06. The molecule has 0 heterocycles. The second kappa shape index (κ2) is 10.3. The number of ketones is 1. The lowest BCUT2D eigenvalue weighted by Crippen LogP contribution is -2.51. The Labute approximate surface area is 201 Å². The number of ether oxygens (including phenoxy) is 2. The quantitative estimate of drug-likeness (QED) is 0.528. The van der Waals surface area contributed by atoms with Crippen molar-refractivity contribution < 1.29 is 23.9 Å². The molecule has 2 aromatic rings. The zero-order chi connectivity index (χ0) is 25.7. The van der Waals surface area contributed by atoms with Gasteiger partial charge in [0, 0.05) is 18.3 Å². The zero-order valence-electron chi connectivity index (χ0n) is 20.9. The van der Waals surface area contributed by atoms with E-state index < -0.39 is 17.6 Å². The van der Waals surface area contributed by atoms with Crippen molar-refractivity contribution in [2.45, 2.75) is 66.2 Å². The zero-order valence-corrected chi connectivity index (χ0v) is 20.9. The lowest BCUT2D eigenvalue weighted by atomic mass is 9.49. The summed E-state index contributed by atoms with van der Waals surface area (Å²) >= 11 is 0. The molecular weight excluding hydrogens is 432 g/mol. The first-order valence-corrected chi connectivity index (χ1v) is 11.3. The Bertz CT molecular complexity index is 999. The van der Waals surface area contributed by atoms with Crippen molar-refractivity contribution in [1.29, 1.82) is 0 Å². The van der Waals surface area contributed by atoms with E-state index in [1.54, 1.807) is 24.3 Å². The number of primary amides is 2. The van der Waals surface area contributed by atoms with Gasteiger partial charge in [-0.15, -0.1) is 0 Å². The van der Waals surface area contributed by atoms with Gasteiger partial charge < -0.3 is 20.9 Å². The van der Waals surface area contributed by atoms with Crippen molar-refractivity contribution in [1.82, 2.24) is 0 Å². The van der Waals surface area contributed by atoms with Crippen LogP contribution in [0, 0.1) is 10.8 Å². The van der Waals surface area contributed by atoms with Gasteiger partial charge in [0.05, 0.1) is 0 Å². The van der Waals surface area contributed by atoms with Crippen LogP contribution in [0.3, 0.4) is 0 Å². The van der Waals surface area contributed by atoms with Crippen LogP contribution in [0.2, 0.25) is 0 Å². The normalized spacial score (nSPS) is 12.2. The van der Waals surface area contributed by atoms with Gasteiger partial charge in [-0.05, 0) is 52.6 Å². The largest absolute Gasteiger partial charge is 0.411 e. The number of hydrogen-bond acceptors (Lipinski definition) is 5. The van der Waals surface area contributed by atoms with E-state index in [0.29, 0.717) is 30.8 Å². The molecule has 0 saturated carbocycles. The van der Waals surface area contributed by atoms with Gasteiger partial charge in [-0.25, -0.2) is 9.59 Å². The molecule has 0 radical (unpaired) electrons. The molecule has 2 amide bonds. The van der Waals surface area contributed by atoms with Crippen molar-refractivity contribution in [3.8, 4) is 11.5 Å². The van der Waals surface area contributed by atoms with Gasteiger partial charge in [0.2, 0.25) is 0 Å². The summed E-state index contributed by atoms with van der Waals surface area (Å²) in [5.74, 6) is 0.883. The summed E-state index contributed by atoms with van der Waals surface area (Å²) in [4.78, 5) is 35.3. The maximum atomic E-state index is 13.4. The summed E-state index contributed by atoms with van der Waals surface area (Å²) < 4.78 is 9.84. The predicted molar refractivity (Wildman–Crippen MR) is 132 cm³/mol. The Kier molecular flexibility index (Phi) is 8.14. The highest BCUT2D eigenvalue weighted by Crippen LogP contribution is 2.56. The fraction of sp³-hybridized carbons (Fsp3) is 0.444. The number of Topliss-reactive ketones (excluding diaryl/α,β-unsaturated/α-hetero) is 1. The Morgan fingerprint density at radius 1 is 0.706 bits per heavy atom. The van der Waals surface area contributed by atoms with Gasteiger partial charge in [-0.2, -0.15) is 0 Å². The minimum Gasteiger partial charge on any atom is -0.411 e. The molecule has 0 bridgehead atoms. The van der Waals surface area contributed by atoms with Crippen LogP contribution in [0.25, 0.3) is 0 Å². The third-order valence-electron chi connectivity index (χ3n) is 6.42. The molecule has 7 nitrogen and oxygen atoms in total. The van der Waals surface area contributed by atoms with Crippen LogP contribution < -0.4 is 20.9 Å². The Morgan fingerprint density at radius 3 is 1.50 bits per heavy atom. The fourth-order valence-electron chi connectivity index (χ4n) is 5.06. The summed E-state index contributed by atoms with van der Waals surface area (Å²) in [6.07, 6.45) is -0.412.